The number of methoxy groups -OCH3 is 1. The first-order chi connectivity index (χ1) is 7.21. The third kappa shape index (κ3) is 3.05. The van der Waals surface area contributed by atoms with Crippen LogP contribution in [0.5, 0.6) is 11.5 Å². The maximum Gasteiger partial charge on any atom is 0.142 e. The molecule has 0 saturated heterocycles. The fourth-order valence-corrected chi connectivity index (χ4v) is 1.43. The van der Waals surface area contributed by atoms with Crippen molar-refractivity contribution in [3.05, 3.63) is 18.2 Å². The fraction of sp³-hybridized carbons (Fsp3) is 0.500. The average molecular weight is 209 g/mol. The van der Waals surface area contributed by atoms with Crippen LogP contribution in [0.15, 0.2) is 18.2 Å². The van der Waals surface area contributed by atoms with E-state index < -0.39 is 0 Å². The van der Waals surface area contributed by atoms with Crippen molar-refractivity contribution in [3.8, 4) is 11.5 Å². The molecule has 0 aliphatic heterocycles. The number of ether oxygens (including phenoxy) is 2. The fourth-order valence-electron chi connectivity index (χ4n) is 1.43. The van der Waals surface area contributed by atoms with Crippen LogP contribution in [0.25, 0.3) is 0 Å². The lowest BCUT2D eigenvalue weighted by atomic mass is 10.2. The molecule has 1 rings (SSSR count). The Balaban J connectivity index is 2.74. The normalized spacial score (nSPS) is 10.4. The maximum absolute atomic E-state index is 5.79. The minimum Gasteiger partial charge on any atom is -0.495 e. The van der Waals surface area contributed by atoms with E-state index >= 15 is 0 Å². The van der Waals surface area contributed by atoms with Gasteiger partial charge >= 0.3 is 0 Å². The Labute approximate surface area is 91.2 Å². The smallest absolute Gasteiger partial charge is 0.142 e. The molecule has 0 aliphatic rings. The number of nitrogens with two attached hydrogens (primary N) is 1. The van der Waals surface area contributed by atoms with Gasteiger partial charge in [-0.05, 0) is 25.0 Å². The Bertz CT molecular complexity index is 308. The summed E-state index contributed by atoms with van der Waals surface area (Å²) in [5.74, 6) is 1.49. The highest BCUT2D eigenvalue weighted by Crippen LogP contribution is 2.27. The molecule has 0 bridgehead atoms. The lowest BCUT2D eigenvalue weighted by Crippen LogP contribution is -2.13. The lowest BCUT2D eigenvalue weighted by molar-refractivity contribution is 0.193. The van der Waals surface area contributed by atoms with Gasteiger partial charge in [0.25, 0.3) is 0 Å². The number of anilines is 1. The van der Waals surface area contributed by atoms with Crippen LogP contribution >= 0.6 is 0 Å². The molecule has 0 aromatic heterocycles. The third-order valence-electron chi connectivity index (χ3n) is 2.41. The van der Waals surface area contributed by atoms with Crippen LogP contribution < -0.4 is 15.2 Å². The molecule has 0 atom stereocenters. The second kappa shape index (κ2) is 5.49. The highest BCUT2D eigenvalue weighted by molar-refractivity contribution is 5.56. The number of hydrogen-bond donors (Lipinski definition) is 1. The first kappa shape index (κ1) is 11.7. The van der Waals surface area contributed by atoms with Crippen LogP contribution in [-0.2, 0) is 0 Å². The minimum atomic E-state index is 0.262. The molecular formula is C12H19NO2. The van der Waals surface area contributed by atoms with Crippen molar-refractivity contribution in [1.82, 2.24) is 0 Å². The van der Waals surface area contributed by atoms with Gasteiger partial charge in [-0.1, -0.05) is 13.8 Å². The van der Waals surface area contributed by atoms with Crippen molar-refractivity contribution in [2.75, 3.05) is 12.8 Å². The molecule has 1 aromatic carbocycles. The van der Waals surface area contributed by atoms with Gasteiger partial charge in [0, 0.05) is 6.07 Å². The molecule has 1 aromatic rings. The zero-order valence-corrected chi connectivity index (χ0v) is 9.62. The van der Waals surface area contributed by atoms with Crippen LogP contribution in [0.3, 0.4) is 0 Å². The van der Waals surface area contributed by atoms with Crippen LogP contribution in [-0.4, -0.2) is 13.2 Å². The second-order valence-electron chi connectivity index (χ2n) is 3.46. The number of hydrogen-bond acceptors (Lipinski definition) is 3. The summed E-state index contributed by atoms with van der Waals surface area (Å²) in [4.78, 5) is 0. The Hall–Kier alpha value is -1.38. The predicted molar refractivity (Wildman–Crippen MR) is 62.4 cm³/mol. The van der Waals surface area contributed by atoms with Gasteiger partial charge in [-0.25, -0.2) is 0 Å². The van der Waals surface area contributed by atoms with Gasteiger partial charge in [0.15, 0.2) is 0 Å². The Morgan fingerprint density at radius 1 is 1.27 bits per heavy atom. The van der Waals surface area contributed by atoms with Gasteiger partial charge in [-0.2, -0.15) is 0 Å². The molecule has 84 valence electrons. The van der Waals surface area contributed by atoms with E-state index in [-0.39, 0.29) is 6.10 Å². The first-order valence-corrected chi connectivity index (χ1v) is 5.31. The highest BCUT2D eigenvalue weighted by Gasteiger charge is 2.06. The van der Waals surface area contributed by atoms with E-state index in [0.29, 0.717) is 11.4 Å². The summed E-state index contributed by atoms with van der Waals surface area (Å²) in [7, 11) is 1.60. The van der Waals surface area contributed by atoms with Crippen molar-refractivity contribution >= 4 is 5.69 Å². The Morgan fingerprint density at radius 2 is 1.93 bits per heavy atom. The molecule has 0 spiro atoms. The number of nitrogen functional groups attached to an aromatic ring is 1. The second-order valence-corrected chi connectivity index (χ2v) is 3.46. The SMILES string of the molecule is CCC(CC)Oc1ccc(OC)c(N)c1. The van der Waals surface area contributed by atoms with Gasteiger partial charge in [-0.3, -0.25) is 0 Å². The molecule has 3 nitrogen and oxygen atoms in total. The van der Waals surface area contributed by atoms with Gasteiger partial charge in [0.05, 0.1) is 18.9 Å². The van der Waals surface area contributed by atoms with Gasteiger partial charge in [-0.15, -0.1) is 0 Å². The van der Waals surface area contributed by atoms with Crippen molar-refractivity contribution in [1.29, 1.82) is 0 Å². The molecule has 0 radical (unpaired) electrons. The lowest BCUT2D eigenvalue weighted by Gasteiger charge is -2.16. The highest BCUT2D eigenvalue weighted by atomic mass is 16.5. The van der Waals surface area contributed by atoms with Gasteiger partial charge in [0.2, 0.25) is 0 Å². The number of rotatable bonds is 5. The average Bonchev–Trinajstić information content (AvgIpc) is 2.26. The van der Waals surface area contributed by atoms with E-state index in [1.54, 1.807) is 13.2 Å². The quantitative estimate of drug-likeness (QED) is 0.758. The van der Waals surface area contributed by atoms with E-state index in [1.165, 1.54) is 0 Å². The molecule has 0 amide bonds. The topological polar surface area (TPSA) is 44.5 Å². The van der Waals surface area contributed by atoms with E-state index in [4.69, 9.17) is 15.2 Å². The first-order valence-electron chi connectivity index (χ1n) is 5.31. The van der Waals surface area contributed by atoms with Crippen LogP contribution in [0.4, 0.5) is 5.69 Å². The van der Waals surface area contributed by atoms with Crippen molar-refractivity contribution in [2.24, 2.45) is 0 Å². The molecule has 0 aliphatic carbocycles. The molecule has 0 fully saturated rings. The summed E-state index contributed by atoms with van der Waals surface area (Å²) in [5, 5.41) is 0. The van der Waals surface area contributed by atoms with E-state index in [1.807, 2.05) is 12.1 Å². The van der Waals surface area contributed by atoms with Gasteiger partial charge in [0.1, 0.15) is 11.5 Å². The van der Waals surface area contributed by atoms with Crippen LogP contribution in [0, 0.1) is 0 Å². The Morgan fingerprint density at radius 3 is 2.40 bits per heavy atom. The molecule has 0 heterocycles. The molecular weight excluding hydrogens is 190 g/mol. The van der Waals surface area contributed by atoms with Crippen molar-refractivity contribution in [2.45, 2.75) is 32.8 Å². The van der Waals surface area contributed by atoms with Crippen LogP contribution in [0.1, 0.15) is 26.7 Å². The summed E-state index contributed by atoms with van der Waals surface area (Å²) < 4.78 is 10.8. The standard InChI is InChI=1S/C12H19NO2/c1-4-9(5-2)15-10-6-7-12(14-3)11(13)8-10/h6-9H,4-5,13H2,1-3H3. The largest absolute Gasteiger partial charge is 0.495 e. The molecule has 0 saturated carbocycles. The number of benzene rings is 1. The summed E-state index contributed by atoms with van der Waals surface area (Å²) in [5.41, 5.74) is 6.40. The summed E-state index contributed by atoms with van der Waals surface area (Å²) >= 11 is 0. The zero-order valence-electron chi connectivity index (χ0n) is 9.62. The van der Waals surface area contributed by atoms with E-state index in [0.717, 1.165) is 18.6 Å². The summed E-state index contributed by atoms with van der Waals surface area (Å²) in [6.45, 7) is 4.22. The predicted octanol–water partition coefficient (Wildman–Crippen LogP) is 2.84. The summed E-state index contributed by atoms with van der Waals surface area (Å²) in [6, 6.07) is 5.51. The molecule has 0 unspecified atom stereocenters. The zero-order chi connectivity index (χ0) is 11.3. The van der Waals surface area contributed by atoms with Crippen molar-refractivity contribution in [3.63, 3.8) is 0 Å². The van der Waals surface area contributed by atoms with E-state index in [9.17, 15) is 0 Å². The molecule has 15 heavy (non-hydrogen) atoms. The van der Waals surface area contributed by atoms with Crippen LogP contribution in [0.2, 0.25) is 0 Å². The monoisotopic (exact) mass is 209 g/mol. The maximum atomic E-state index is 5.79. The molecule has 2 N–H and O–H groups in total. The van der Waals surface area contributed by atoms with Gasteiger partial charge < -0.3 is 15.2 Å². The van der Waals surface area contributed by atoms with E-state index in [2.05, 4.69) is 13.8 Å². The van der Waals surface area contributed by atoms with Crippen molar-refractivity contribution < 1.29 is 9.47 Å². The summed E-state index contributed by atoms with van der Waals surface area (Å²) in [6.07, 6.45) is 2.27. The minimum absolute atomic E-state index is 0.262. The molecule has 3 heteroatoms. The third-order valence-corrected chi connectivity index (χ3v) is 2.41. The Kier molecular flexibility index (Phi) is 4.28.